The van der Waals surface area contributed by atoms with Crippen LogP contribution in [-0.4, -0.2) is 52.3 Å². The van der Waals surface area contributed by atoms with Gasteiger partial charge in [0.15, 0.2) is 0 Å². The van der Waals surface area contributed by atoms with Crippen LogP contribution in [0, 0.1) is 17.2 Å². The van der Waals surface area contributed by atoms with Crippen molar-refractivity contribution in [3.05, 3.63) is 0 Å². The Labute approximate surface area is 118 Å². The average molecular weight is 301 g/mol. The number of carbonyl (C=O) groups is 3. The Morgan fingerprint density at radius 1 is 1.52 bits per heavy atom. The molecule has 0 aliphatic carbocycles. The topological polar surface area (TPSA) is 110 Å². The molecule has 2 aliphatic heterocycles. The predicted octanol–water partition coefficient (Wildman–Crippen LogP) is -0.274. The number of nitrogens with zero attached hydrogens (tertiary/aromatic N) is 2. The number of rotatable bonds is 3. The second kappa shape index (κ2) is 5.27. The highest BCUT2D eigenvalue weighted by Crippen LogP contribution is 2.33. The van der Waals surface area contributed by atoms with E-state index in [2.05, 4.69) is 5.32 Å². The summed E-state index contributed by atoms with van der Waals surface area (Å²) in [4.78, 5) is 35.1. The third-order valence-electron chi connectivity index (χ3n) is 3.63. The van der Waals surface area contributed by atoms with Crippen LogP contribution >= 0.6 is 0 Å². The van der Waals surface area contributed by atoms with Crippen molar-refractivity contribution in [1.29, 1.82) is 5.26 Å². The van der Waals surface area contributed by atoms with Crippen molar-refractivity contribution < 1.29 is 28.3 Å². The summed E-state index contributed by atoms with van der Waals surface area (Å²) in [7, 11) is 0. The Morgan fingerprint density at radius 3 is 2.76 bits per heavy atom. The number of halogens is 2. The second-order valence-corrected chi connectivity index (χ2v) is 5.26. The van der Waals surface area contributed by atoms with Crippen LogP contribution in [0.2, 0.25) is 0 Å². The first-order valence-electron chi connectivity index (χ1n) is 6.33. The third-order valence-corrected chi connectivity index (χ3v) is 3.63. The molecule has 0 aromatic heterocycles. The number of hydrogen-bond donors (Lipinski definition) is 2. The van der Waals surface area contributed by atoms with Gasteiger partial charge in [-0.05, 0) is 6.42 Å². The van der Waals surface area contributed by atoms with Gasteiger partial charge in [0.1, 0.15) is 12.1 Å². The van der Waals surface area contributed by atoms with E-state index in [4.69, 9.17) is 10.4 Å². The second-order valence-electron chi connectivity index (χ2n) is 5.26. The first kappa shape index (κ1) is 15.2. The summed E-state index contributed by atoms with van der Waals surface area (Å²) in [5.74, 6) is -6.51. The number of nitrogens with one attached hydrogen (secondary N) is 1. The highest BCUT2D eigenvalue weighted by molar-refractivity contribution is 5.93. The summed E-state index contributed by atoms with van der Waals surface area (Å²) in [6, 6.07) is -0.636. The molecule has 2 heterocycles. The molecule has 2 amide bonds. The Morgan fingerprint density at radius 2 is 2.19 bits per heavy atom. The van der Waals surface area contributed by atoms with E-state index >= 15 is 0 Å². The van der Waals surface area contributed by atoms with Crippen molar-refractivity contribution in [3.63, 3.8) is 0 Å². The maximum Gasteiger partial charge on any atom is 0.304 e. The van der Waals surface area contributed by atoms with E-state index in [1.165, 1.54) is 0 Å². The molecule has 2 fully saturated rings. The van der Waals surface area contributed by atoms with Gasteiger partial charge in [-0.15, -0.1) is 0 Å². The van der Waals surface area contributed by atoms with E-state index in [0.717, 1.165) is 4.90 Å². The third kappa shape index (κ3) is 3.09. The van der Waals surface area contributed by atoms with Gasteiger partial charge in [-0.3, -0.25) is 14.4 Å². The number of carboxylic acids is 1. The Balaban J connectivity index is 2.06. The van der Waals surface area contributed by atoms with Crippen molar-refractivity contribution in [2.24, 2.45) is 5.92 Å². The van der Waals surface area contributed by atoms with E-state index in [1.807, 2.05) is 0 Å². The summed E-state index contributed by atoms with van der Waals surface area (Å²) in [6.45, 7) is -0.861. The first-order valence-corrected chi connectivity index (χ1v) is 6.33. The monoisotopic (exact) mass is 301 g/mol. The molecule has 7 nitrogen and oxygen atoms in total. The Kier molecular flexibility index (Phi) is 3.80. The summed E-state index contributed by atoms with van der Waals surface area (Å²) < 4.78 is 26.6. The molecule has 0 saturated carbocycles. The fraction of sp³-hybridized carbons (Fsp3) is 0.667. The van der Waals surface area contributed by atoms with E-state index in [9.17, 15) is 23.2 Å². The van der Waals surface area contributed by atoms with Gasteiger partial charge in [-0.1, -0.05) is 0 Å². The summed E-state index contributed by atoms with van der Waals surface area (Å²) in [5.41, 5.74) is 0. The number of carboxylic acid groups (broad SMARTS) is 1. The van der Waals surface area contributed by atoms with Crippen LogP contribution in [0.3, 0.4) is 0 Å². The number of nitriles is 1. The highest BCUT2D eigenvalue weighted by atomic mass is 19.3. The molecule has 2 rings (SSSR count). The van der Waals surface area contributed by atoms with Crippen LogP contribution < -0.4 is 5.32 Å². The van der Waals surface area contributed by atoms with Crippen molar-refractivity contribution in [3.8, 4) is 6.07 Å². The molecule has 0 spiro atoms. The number of aliphatic carboxylic acids is 1. The van der Waals surface area contributed by atoms with E-state index < -0.39 is 61.1 Å². The summed E-state index contributed by atoms with van der Waals surface area (Å²) in [5, 5.41) is 19.8. The van der Waals surface area contributed by atoms with Crippen LogP contribution in [0.15, 0.2) is 0 Å². The number of hydrogen-bond acceptors (Lipinski definition) is 4. The minimum absolute atomic E-state index is 0.0653. The zero-order chi connectivity index (χ0) is 15.8. The van der Waals surface area contributed by atoms with Crippen molar-refractivity contribution >= 4 is 17.8 Å². The lowest BCUT2D eigenvalue weighted by molar-refractivity contribution is -0.140. The number of likely N-dealkylation sites (tertiary alicyclic amines) is 1. The molecular formula is C12H13F2N3O4. The Hall–Kier alpha value is -2.24. The smallest absolute Gasteiger partial charge is 0.304 e. The maximum atomic E-state index is 13.3. The van der Waals surface area contributed by atoms with Crippen molar-refractivity contribution in [2.75, 3.05) is 6.54 Å². The van der Waals surface area contributed by atoms with E-state index in [1.54, 1.807) is 6.07 Å². The molecule has 21 heavy (non-hydrogen) atoms. The van der Waals surface area contributed by atoms with Crippen molar-refractivity contribution in [2.45, 2.75) is 37.3 Å². The number of carbonyl (C=O) groups excluding carboxylic acids is 2. The molecule has 0 aromatic rings. The van der Waals surface area contributed by atoms with Gasteiger partial charge in [0.25, 0.3) is 5.92 Å². The number of alkyl halides is 2. The van der Waals surface area contributed by atoms with Gasteiger partial charge in [0, 0.05) is 6.42 Å². The van der Waals surface area contributed by atoms with Crippen LogP contribution in [0.1, 0.15) is 19.3 Å². The van der Waals surface area contributed by atoms with Gasteiger partial charge >= 0.3 is 5.97 Å². The Bertz CT molecular complexity index is 531. The molecule has 2 saturated heterocycles. The molecular weight excluding hydrogens is 288 g/mol. The van der Waals surface area contributed by atoms with Crippen molar-refractivity contribution in [1.82, 2.24) is 10.2 Å². The fourth-order valence-electron chi connectivity index (χ4n) is 2.65. The van der Waals surface area contributed by atoms with Crippen LogP contribution in [0.4, 0.5) is 8.78 Å². The predicted molar refractivity (Wildman–Crippen MR) is 63.0 cm³/mol. The SMILES string of the molecule is N#CC1CC(F)(F)CN1C(=O)[C@@H]1C[C@@H](CC(=O)O)C(=O)N1. The van der Waals surface area contributed by atoms with Crippen LogP contribution in [-0.2, 0) is 14.4 Å². The van der Waals surface area contributed by atoms with Gasteiger partial charge < -0.3 is 15.3 Å². The quantitative estimate of drug-likeness (QED) is 0.745. The molecule has 0 radical (unpaired) electrons. The molecule has 114 valence electrons. The van der Waals surface area contributed by atoms with E-state index in [-0.39, 0.29) is 6.42 Å². The summed E-state index contributed by atoms with van der Waals surface area (Å²) >= 11 is 0. The molecule has 1 unspecified atom stereocenters. The molecule has 3 atom stereocenters. The number of amides is 2. The van der Waals surface area contributed by atoms with Gasteiger partial charge in [0.05, 0.1) is 25.0 Å². The molecule has 2 aliphatic rings. The fourth-order valence-corrected chi connectivity index (χ4v) is 2.65. The lowest BCUT2D eigenvalue weighted by Crippen LogP contribution is -2.46. The first-order chi connectivity index (χ1) is 9.73. The standard InChI is InChI=1S/C12H13F2N3O4/c13-12(14)3-7(4-15)17(5-12)11(21)8-1-6(2-9(18)19)10(20)16-8/h6-8H,1-3,5H2,(H,16,20)(H,18,19)/t6-,7?,8-/m0/s1. The highest BCUT2D eigenvalue weighted by Gasteiger charge is 2.50. The molecule has 0 aromatic carbocycles. The molecule has 9 heteroatoms. The molecule has 0 bridgehead atoms. The van der Waals surface area contributed by atoms with Crippen LogP contribution in [0.5, 0.6) is 0 Å². The minimum Gasteiger partial charge on any atom is -0.481 e. The zero-order valence-corrected chi connectivity index (χ0v) is 10.9. The lowest BCUT2D eigenvalue weighted by atomic mass is 10.0. The van der Waals surface area contributed by atoms with Crippen LogP contribution in [0.25, 0.3) is 0 Å². The van der Waals surface area contributed by atoms with Gasteiger partial charge in [0.2, 0.25) is 11.8 Å². The van der Waals surface area contributed by atoms with E-state index in [0.29, 0.717) is 0 Å². The average Bonchev–Trinajstić information content (AvgIpc) is 2.88. The normalized spacial score (nSPS) is 30.8. The lowest BCUT2D eigenvalue weighted by Gasteiger charge is -2.22. The van der Waals surface area contributed by atoms with Gasteiger partial charge in [-0.25, -0.2) is 8.78 Å². The van der Waals surface area contributed by atoms with Gasteiger partial charge in [-0.2, -0.15) is 5.26 Å². The molecule has 2 N–H and O–H groups in total. The maximum absolute atomic E-state index is 13.3. The largest absolute Gasteiger partial charge is 0.481 e. The zero-order valence-electron chi connectivity index (χ0n) is 10.9. The summed E-state index contributed by atoms with van der Waals surface area (Å²) in [6.07, 6.45) is -1.22. The minimum atomic E-state index is -3.13.